The average molecular weight is 221 g/mol. The van der Waals surface area contributed by atoms with Gasteiger partial charge in [0.2, 0.25) is 9.04 Å². The van der Waals surface area contributed by atoms with Crippen LogP contribution in [0.1, 0.15) is 20.3 Å². The topological polar surface area (TPSA) is 9.23 Å². The van der Waals surface area contributed by atoms with Crippen LogP contribution in [-0.2, 0) is 4.43 Å². The van der Waals surface area contributed by atoms with E-state index in [2.05, 4.69) is 32.9 Å². The summed E-state index contributed by atoms with van der Waals surface area (Å²) >= 11 is 0. The SMILES string of the molecule is C#CC[C@H](O[Si](CC=C)CC=C)C(C)C. The Labute approximate surface area is 96.0 Å². The zero-order valence-corrected chi connectivity index (χ0v) is 10.8. The average Bonchev–Trinajstić information content (AvgIpc) is 2.17. The molecule has 0 aromatic heterocycles. The molecule has 0 aliphatic heterocycles. The zero-order valence-electron chi connectivity index (χ0n) is 9.83. The summed E-state index contributed by atoms with van der Waals surface area (Å²) in [5.74, 6) is 3.15. The van der Waals surface area contributed by atoms with E-state index in [1.165, 1.54) is 0 Å². The third-order valence-corrected chi connectivity index (χ3v) is 4.25. The summed E-state index contributed by atoms with van der Waals surface area (Å²) in [6.45, 7) is 11.8. The summed E-state index contributed by atoms with van der Waals surface area (Å²) in [6, 6.07) is 1.90. The third-order valence-electron chi connectivity index (χ3n) is 2.12. The fraction of sp³-hybridized carbons (Fsp3) is 0.538. The summed E-state index contributed by atoms with van der Waals surface area (Å²) < 4.78 is 6.05. The van der Waals surface area contributed by atoms with Crippen molar-refractivity contribution in [2.75, 3.05) is 0 Å². The van der Waals surface area contributed by atoms with Crippen molar-refractivity contribution in [2.45, 2.75) is 38.5 Å². The molecule has 0 unspecified atom stereocenters. The maximum atomic E-state index is 6.05. The van der Waals surface area contributed by atoms with E-state index in [1.54, 1.807) is 0 Å². The maximum absolute atomic E-state index is 6.05. The van der Waals surface area contributed by atoms with Gasteiger partial charge in [-0.3, -0.25) is 0 Å². The smallest absolute Gasteiger partial charge is 0.219 e. The van der Waals surface area contributed by atoms with Crippen molar-refractivity contribution < 1.29 is 4.43 Å². The highest BCUT2D eigenvalue weighted by Crippen LogP contribution is 2.15. The molecule has 0 aliphatic carbocycles. The lowest BCUT2D eigenvalue weighted by molar-refractivity contribution is 0.156. The quantitative estimate of drug-likeness (QED) is 0.347. The second kappa shape index (κ2) is 8.52. The van der Waals surface area contributed by atoms with Gasteiger partial charge in [0.1, 0.15) is 0 Å². The Morgan fingerprint density at radius 1 is 1.33 bits per heavy atom. The second-order valence-corrected chi connectivity index (χ2v) is 5.96. The monoisotopic (exact) mass is 221 g/mol. The molecule has 0 aromatic carbocycles. The van der Waals surface area contributed by atoms with E-state index in [4.69, 9.17) is 10.8 Å². The number of hydrogen-bond acceptors (Lipinski definition) is 1. The number of hydrogen-bond donors (Lipinski definition) is 0. The van der Waals surface area contributed by atoms with Crippen molar-refractivity contribution in [1.29, 1.82) is 0 Å². The first-order valence-electron chi connectivity index (χ1n) is 5.32. The van der Waals surface area contributed by atoms with E-state index in [1.807, 2.05) is 12.2 Å². The van der Waals surface area contributed by atoms with E-state index in [0.717, 1.165) is 12.1 Å². The lowest BCUT2D eigenvalue weighted by Gasteiger charge is -2.24. The van der Waals surface area contributed by atoms with Crippen molar-refractivity contribution in [3.8, 4) is 12.3 Å². The van der Waals surface area contributed by atoms with Crippen LogP contribution in [0.5, 0.6) is 0 Å². The molecule has 2 heteroatoms. The molecule has 0 aliphatic rings. The Kier molecular flexibility index (Phi) is 8.07. The summed E-state index contributed by atoms with van der Waals surface area (Å²) in [6.07, 6.45) is 10.1. The van der Waals surface area contributed by atoms with Crippen LogP contribution in [0.2, 0.25) is 12.1 Å². The van der Waals surface area contributed by atoms with Gasteiger partial charge >= 0.3 is 0 Å². The van der Waals surface area contributed by atoms with E-state index in [-0.39, 0.29) is 6.10 Å². The highest BCUT2D eigenvalue weighted by atomic mass is 28.3. The first-order chi connectivity index (χ1) is 7.15. The molecule has 0 aromatic rings. The normalized spacial score (nSPS) is 12.5. The predicted octanol–water partition coefficient (Wildman–Crippen LogP) is 3.41. The van der Waals surface area contributed by atoms with Crippen molar-refractivity contribution in [3.05, 3.63) is 25.3 Å². The lowest BCUT2D eigenvalue weighted by Crippen LogP contribution is -2.28. The van der Waals surface area contributed by atoms with Gasteiger partial charge in [-0.05, 0) is 18.0 Å². The number of allylic oxidation sites excluding steroid dienone is 2. The van der Waals surface area contributed by atoms with E-state index in [0.29, 0.717) is 12.3 Å². The van der Waals surface area contributed by atoms with E-state index >= 15 is 0 Å². The minimum atomic E-state index is -0.843. The predicted molar refractivity (Wildman–Crippen MR) is 68.9 cm³/mol. The molecule has 0 saturated heterocycles. The highest BCUT2D eigenvalue weighted by molar-refractivity contribution is 6.53. The van der Waals surface area contributed by atoms with Gasteiger partial charge in [0, 0.05) is 6.42 Å². The molecule has 1 atom stereocenters. The molecule has 0 heterocycles. The zero-order chi connectivity index (χ0) is 11.7. The summed E-state index contributed by atoms with van der Waals surface area (Å²) in [5.41, 5.74) is 0. The van der Waals surface area contributed by atoms with Crippen LogP contribution in [0.4, 0.5) is 0 Å². The Balaban J connectivity index is 4.25. The molecule has 0 spiro atoms. The molecule has 0 N–H and O–H groups in total. The van der Waals surface area contributed by atoms with Crippen molar-refractivity contribution in [3.63, 3.8) is 0 Å². The number of terminal acetylenes is 1. The summed E-state index contributed by atoms with van der Waals surface area (Å²) in [7, 11) is -0.843. The molecule has 0 rings (SSSR count). The van der Waals surface area contributed by atoms with Crippen LogP contribution in [0.15, 0.2) is 25.3 Å². The van der Waals surface area contributed by atoms with Crippen LogP contribution in [0.25, 0.3) is 0 Å². The Morgan fingerprint density at radius 3 is 2.20 bits per heavy atom. The Hall–Kier alpha value is -0.783. The summed E-state index contributed by atoms with van der Waals surface area (Å²) in [4.78, 5) is 0. The van der Waals surface area contributed by atoms with Crippen molar-refractivity contribution in [1.82, 2.24) is 0 Å². The lowest BCUT2D eigenvalue weighted by atomic mass is 10.1. The standard InChI is InChI=1S/C13H21OSi/c1-6-9-13(12(4)5)14-15(10-7-2)11-8-3/h1,7-8,12-13H,2-3,9-11H2,4-5H3/t13-/m0/s1. The van der Waals surface area contributed by atoms with Gasteiger partial charge < -0.3 is 4.43 Å². The molecule has 0 amide bonds. The molecule has 0 saturated carbocycles. The maximum Gasteiger partial charge on any atom is 0.219 e. The molecule has 83 valence electrons. The Morgan fingerprint density at radius 2 is 1.87 bits per heavy atom. The summed E-state index contributed by atoms with van der Waals surface area (Å²) in [5, 5.41) is 0. The first kappa shape index (κ1) is 14.2. The van der Waals surface area contributed by atoms with Gasteiger partial charge in [-0.15, -0.1) is 25.5 Å². The van der Waals surface area contributed by atoms with E-state index < -0.39 is 9.04 Å². The molecule has 15 heavy (non-hydrogen) atoms. The molecular formula is C13H21OSi. The van der Waals surface area contributed by atoms with Crippen LogP contribution in [0.3, 0.4) is 0 Å². The van der Waals surface area contributed by atoms with Crippen LogP contribution >= 0.6 is 0 Å². The van der Waals surface area contributed by atoms with Gasteiger partial charge in [-0.25, -0.2) is 0 Å². The van der Waals surface area contributed by atoms with Gasteiger partial charge in [-0.1, -0.05) is 26.0 Å². The molecular weight excluding hydrogens is 200 g/mol. The number of rotatable bonds is 8. The molecule has 0 bridgehead atoms. The Bertz CT molecular complexity index is 217. The molecule has 1 nitrogen and oxygen atoms in total. The van der Waals surface area contributed by atoms with Gasteiger partial charge in [0.25, 0.3) is 0 Å². The van der Waals surface area contributed by atoms with Crippen LogP contribution in [0, 0.1) is 18.3 Å². The van der Waals surface area contributed by atoms with E-state index in [9.17, 15) is 0 Å². The fourth-order valence-electron chi connectivity index (χ4n) is 1.25. The van der Waals surface area contributed by atoms with Crippen LogP contribution < -0.4 is 0 Å². The highest BCUT2D eigenvalue weighted by Gasteiger charge is 2.19. The van der Waals surface area contributed by atoms with Gasteiger partial charge in [-0.2, -0.15) is 0 Å². The molecule has 0 fully saturated rings. The van der Waals surface area contributed by atoms with Crippen molar-refractivity contribution >= 4 is 9.04 Å². The minimum absolute atomic E-state index is 0.184. The van der Waals surface area contributed by atoms with Crippen LogP contribution in [-0.4, -0.2) is 15.1 Å². The fourth-order valence-corrected chi connectivity index (χ4v) is 3.03. The van der Waals surface area contributed by atoms with Crippen molar-refractivity contribution in [2.24, 2.45) is 5.92 Å². The van der Waals surface area contributed by atoms with Gasteiger partial charge in [0.15, 0.2) is 0 Å². The van der Waals surface area contributed by atoms with Gasteiger partial charge in [0.05, 0.1) is 6.10 Å². The first-order valence-corrected chi connectivity index (χ1v) is 7.14. The third kappa shape index (κ3) is 6.32. The second-order valence-electron chi connectivity index (χ2n) is 3.83. The minimum Gasteiger partial charge on any atom is -0.412 e. The molecule has 1 radical (unpaired) electrons. The largest absolute Gasteiger partial charge is 0.412 e.